The van der Waals surface area contributed by atoms with Crippen LogP contribution in [-0.4, -0.2) is 21.9 Å². The Balaban J connectivity index is 2.83. The number of hydrogen-bond donors (Lipinski definition) is 2. The largest absolute Gasteiger partial charge is 0.390 e. The van der Waals surface area contributed by atoms with Crippen molar-refractivity contribution in [3.63, 3.8) is 0 Å². The fourth-order valence-corrected chi connectivity index (χ4v) is 2.33. The molecule has 1 aliphatic rings. The highest BCUT2D eigenvalue weighted by Crippen LogP contribution is 2.27. The van der Waals surface area contributed by atoms with Crippen LogP contribution in [0, 0.1) is 11.8 Å². The van der Waals surface area contributed by atoms with Crippen LogP contribution in [0.25, 0.3) is 0 Å². The number of rotatable bonds is 1. The third-order valence-electron chi connectivity index (χ3n) is 3.52. The van der Waals surface area contributed by atoms with E-state index in [0.29, 0.717) is 5.92 Å². The van der Waals surface area contributed by atoms with Crippen molar-refractivity contribution in [3.05, 3.63) is 23.8 Å². The van der Waals surface area contributed by atoms with Crippen LogP contribution >= 0.6 is 0 Å². The predicted octanol–water partition coefficient (Wildman–Crippen LogP) is 3.06. The van der Waals surface area contributed by atoms with Crippen molar-refractivity contribution in [1.29, 1.82) is 0 Å². The topological polar surface area (TPSA) is 40.5 Å². The molecule has 98 valence electrons. The van der Waals surface area contributed by atoms with Gasteiger partial charge >= 0.3 is 0 Å². The smallest absolute Gasteiger partial charge is 0.0728 e. The van der Waals surface area contributed by atoms with E-state index < -0.39 is 5.60 Å². The average Bonchev–Trinajstić information content (AvgIpc) is 2.14. The zero-order valence-corrected chi connectivity index (χ0v) is 11.5. The van der Waals surface area contributed by atoms with Gasteiger partial charge in [0.25, 0.3) is 0 Å². The maximum Gasteiger partial charge on any atom is 0.0728 e. The molecule has 0 aliphatic heterocycles. The van der Waals surface area contributed by atoms with E-state index in [1.807, 2.05) is 19.9 Å². The van der Waals surface area contributed by atoms with E-state index in [1.165, 1.54) is 5.57 Å². The quantitative estimate of drug-likeness (QED) is 0.689. The minimum atomic E-state index is -0.672. The van der Waals surface area contributed by atoms with Crippen molar-refractivity contribution in [3.8, 4) is 0 Å². The van der Waals surface area contributed by atoms with Crippen LogP contribution in [0.2, 0.25) is 0 Å². The number of aliphatic hydroxyl groups is 2. The Morgan fingerprint density at radius 1 is 1.29 bits per heavy atom. The van der Waals surface area contributed by atoms with Gasteiger partial charge in [-0.05, 0) is 46.0 Å². The molecule has 0 saturated carbocycles. The number of hydrogen-bond acceptors (Lipinski definition) is 2. The monoisotopic (exact) mass is 238 g/mol. The van der Waals surface area contributed by atoms with Gasteiger partial charge in [0.1, 0.15) is 0 Å². The van der Waals surface area contributed by atoms with Crippen LogP contribution in [0.1, 0.15) is 47.0 Å². The lowest BCUT2D eigenvalue weighted by Gasteiger charge is -2.28. The van der Waals surface area contributed by atoms with E-state index in [2.05, 4.69) is 26.0 Å². The summed E-state index contributed by atoms with van der Waals surface area (Å²) < 4.78 is 0. The van der Waals surface area contributed by atoms with Crippen molar-refractivity contribution in [1.82, 2.24) is 0 Å². The number of aliphatic hydroxyl groups excluding tert-OH is 1. The second-order valence-corrected chi connectivity index (χ2v) is 5.98. The maximum atomic E-state index is 10.1. The predicted molar refractivity (Wildman–Crippen MR) is 71.7 cm³/mol. The molecule has 0 bridgehead atoms. The molecule has 0 spiro atoms. The summed E-state index contributed by atoms with van der Waals surface area (Å²) in [7, 11) is 0. The Morgan fingerprint density at radius 2 is 1.94 bits per heavy atom. The second-order valence-electron chi connectivity index (χ2n) is 5.98. The molecule has 1 aliphatic carbocycles. The lowest BCUT2D eigenvalue weighted by Crippen LogP contribution is -2.29. The van der Waals surface area contributed by atoms with Crippen LogP contribution in [0.4, 0.5) is 0 Å². The normalized spacial score (nSPS) is 32.1. The van der Waals surface area contributed by atoms with E-state index >= 15 is 0 Å². The van der Waals surface area contributed by atoms with Gasteiger partial charge in [-0.3, -0.25) is 0 Å². The molecule has 0 amide bonds. The highest BCUT2D eigenvalue weighted by Gasteiger charge is 2.24. The molecule has 17 heavy (non-hydrogen) atoms. The Morgan fingerprint density at radius 3 is 2.53 bits per heavy atom. The van der Waals surface area contributed by atoms with Crippen molar-refractivity contribution < 1.29 is 10.2 Å². The first-order valence-corrected chi connectivity index (χ1v) is 6.55. The molecule has 3 atom stereocenters. The van der Waals surface area contributed by atoms with E-state index in [4.69, 9.17) is 0 Å². The van der Waals surface area contributed by atoms with Crippen LogP contribution < -0.4 is 0 Å². The Hall–Kier alpha value is -0.600. The SMILES string of the molecule is CC1=CC(O)CC(C)C=CC(C(C)(C)O)CC1. The molecular weight excluding hydrogens is 212 g/mol. The van der Waals surface area contributed by atoms with Gasteiger partial charge in [0.2, 0.25) is 0 Å². The van der Waals surface area contributed by atoms with Gasteiger partial charge in [0.05, 0.1) is 11.7 Å². The van der Waals surface area contributed by atoms with Crippen LogP contribution in [0.3, 0.4) is 0 Å². The van der Waals surface area contributed by atoms with E-state index in [-0.39, 0.29) is 12.0 Å². The highest BCUT2D eigenvalue weighted by molar-refractivity contribution is 5.07. The molecule has 2 heteroatoms. The van der Waals surface area contributed by atoms with Crippen LogP contribution in [0.5, 0.6) is 0 Å². The minimum absolute atomic E-state index is 0.184. The van der Waals surface area contributed by atoms with Gasteiger partial charge in [-0.25, -0.2) is 0 Å². The molecule has 0 fully saturated rings. The summed E-state index contributed by atoms with van der Waals surface area (Å²) in [6, 6.07) is 0. The third-order valence-corrected chi connectivity index (χ3v) is 3.52. The van der Waals surface area contributed by atoms with Crippen molar-refractivity contribution in [2.45, 2.75) is 58.7 Å². The van der Waals surface area contributed by atoms with Gasteiger partial charge < -0.3 is 10.2 Å². The first kappa shape index (κ1) is 14.5. The molecule has 2 N–H and O–H groups in total. The molecule has 0 aromatic carbocycles. The number of allylic oxidation sites excluding steroid dienone is 2. The Kier molecular flexibility index (Phi) is 4.96. The molecule has 0 heterocycles. The zero-order valence-electron chi connectivity index (χ0n) is 11.5. The third kappa shape index (κ3) is 5.05. The van der Waals surface area contributed by atoms with Crippen LogP contribution in [0.15, 0.2) is 23.8 Å². The first-order valence-electron chi connectivity index (χ1n) is 6.55. The Labute approximate surface area is 105 Å². The highest BCUT2D eigenvalue weighted by atomic mass is 16.3. The molecule has 0 aromatic heterocycles. The van der Waals surface area contributed by atoms with Crippen molar-refractivity contribution in [2.75, 3.05) is 0 Å². The summed E-state index contributed by atoms with van der Waals surface area (Å²) in [5.41, 5.74) is 0.545. The summed E-state index contributed by atoms with van der Waals surface area (Å²) in [5, 5.41) is 20.0. The average molecular weight is 238 g/mol. The molecule has 0 aromatic rings. The van der Waals surface area contributed by atoms with Gasteiger partial charge in [-0.1, -0.05) is 30.7 Å². The molecule has 3 unspecified atom stereocenters. The molecule has 2 nitrogen and oxygen atoms in total. The molecule has 1 rings (SSSR count). The summed E-state index contributed by atoms with van der Waals surface area (Å²) in [4.78, 5) is 0. The second kappa shape index (κ2) is 5.83. The first-order chi connectivity index (χ1) is 7.79. The summed E-state index contributed by atoms with van der Waals surface area (Å²) in [6.45, 7) is 7.89. The summed E-state index contributed by atoms with van der Waals surface area (Å²) >= 11 is 0. The fourth-order valence-electron chi connectivity index (χ4n) is 2.33. The minimum Gasteiger partial charge on any atom is -0.390 e. The van der Waals surface area contributed by atoms with Gasteiger partial charge in [-0.2, -0.15) is 0 Å². The van der Waals surface area contributed by atoms with E-state index in [0.717, 1.165) is 19.3 Å². The van der Waals surface area contributed by atoms with E-state index in [1.54, 1.807) is 0 Å². The van der Waals surface area contributed by atoms with Gasteiger partial charge in [0, 0.05) is 5.92 Å². The molecular formula is C15H26O2. The summed E-state index contributed by atoms with van der Waals surface area (Å²) in [6.07, 6.45) is 8.49. The van der Waals surface area contributed by atoms with Crippen LogP contribution in [-0.2, 0) is 0 Å². The zero-order chi connectivity index (χ0) is 13.1. The standard InChI is InChI=1S/C15H26O2/c1-11-5-7-13(15(3,4)17)8-6-12(2)10-14(16)9-11/h5,7,10-11,13-14,16-17H,6,8-9H2,1-4H3. The van der Waals surface area contributed by atoms with Gasteiger partial charge in [-0.15, -0.1) is 0 Å². The Bertz CT molecular complexity index is 297. The lowest BCUT2D eigenvalue weighted by molar-refractivity contribution is 0.0335. The maximum absolute atomic E-state index is 10.1. The lowest BCUT2D eigenvalue weighted by atomic mass is 9.83. The van der Waals surface area contributed by atoms with Crippen molar-refractivity contribution >= 4 is 0 Å². The molecule has 0 radical (unpaired) electrons. The van der Waals surface area contributed by atoms with Gasteiger partial charge in [0.15, 0.2) is 0 Å². The van der Waals surface area contributed by atoms with Crippen molar-refractivity contribution in [2.24, 2.45) is 11.8 Å². The fraction of sp³-hybridized carbons (Fsp3) is 0.733. The molecule has 0 saturated heterocycles. The van der Waals surface area contributed by atoms with E-state index in [9.17, 15) is 10.2 Å². The summed E-state index contributed by atoms with van der Waals surface area (Å²) in [5.74, 6) is 0.528.